The van der Waals surface area contributed by atoms with Crippen molar-refractivity contribution in [2.75, 3.05) is 11.5 Å². The second kappa shape index (κ2) is 7.92. The Morgan fingerprint density at radius 2 is 1.87 bits per heavy atom. The Morgan fingerprint density at radius 1 is 1.16 bits per heavy atom. The second-order valence-corrected chi connectivity index (χ2v) is 10.3. The molecule has 1 aromatic heterocycles. The third kappa shape index (κ3) is 4.39. The molecular formula is C23H22FNO5S. The van der Waals surface area contributed by atoms with Crippen LogP contribution in [-0.4, -0.2) is 36.8 Å². The number of rotatable bonds is 4. The average molecular weight is 443 g/mol. The number of benzene rings is 2. The maximum absolute atomic E-state index is 13.4. The first-order valence-electron chi connectivity index (χ1n) is 9.94. The number of halogens is 1. The maximum atomic E-state index is 13.4. The SMILES string of the molecule is Cc1cc(C)c2c(=O)cc(C(=O)N(Cc3ccc(F)cc3)C3CCS(=O)(=O)C3)oc2c1. The molecule has 3 aromatic rings. The third-order valence-corrected chi connectivity index (χ3v) is 7.31. The number of fused-ring (bicyclic) bond motifs is 1. The lowest BCUT2D eigenvalue weighted by Gasteiger charge is -2.28. The van der Waals surface area contributed by atoms with E-state index in [1.165, 1.54) is 17.0 Å². The minimum Gasteiger partial charge on any atom is -0.451 e. The molecule has 1 fully saturated rings. The van der Waals surface area contributed by atoms with Gasteiger partial charge in [-0.05, 0) is 55.2 Å². The summed E-state index contributed by atoms with van der Waals surface area (Å²) in [5.41, 5.74) is 2.28. The summed E-state index contributed by atoms with van der Waals surface area (Å²) in [5.74, 6) is -1.28. The fourth-order valence-electron chi connectivity index (χ4n) is 4.09. The predicted molar refractivity (Wildman–Crippen MR) is 115 cm³/mol. The predicted octanol–water partition coefficient (Wildman–Crippen LogP) is 3.38. The fraction of sp³-hybridized carbons (Fsp3) is 0.304. The molecule has 2 heterocycles. The van der Waals surface area contributed by atoms with E-state index in [4.69, 9.17) is 4.42 Å². The highest BCUT2D eigenvalue weighted by atomic mass is 32.2. The summed E-state index contributed by atoms with van der Waals surface area (Å²) < 4.78 is 43.2. The Morgan fingerprint density at radius 3 is 2.52 bits per heavy atom. The van der Waals surface area contributed by atoms with Crippen molar-refractivity contribution >= 4 is 26.7 Å². The quantitative estimate of drug-likeness (QED) is 0.617. The van der Waals surface area contributed by atoms with Crippen molar-refractivity contribution in [1.82, 2.24) is 4.90 Å². The summed E-state index contributed by atoms with van der Waals surface area (Å²) in [4.78, 5) is 27.5. The van der Waals surface area contributed by atoms with E-state index in [-0.39, 0.29) is 29.2 Å². The zero-order chi connectivity index (χ0) is 22.3. The first-order chi connectivity index (χ1) is 14.6. The van der Waals surface area contributed by atoms with Gasteiger partial charge in [-0.25, -0.2) is 12.8 Å². The van der Waals surface area contributed by atoms with Crippen molar-refractivity contribution in [3.63, 3.8) is 0 Å². The van der Waals surface area contributed by atoms with Crippen LogP contribution in [0.3, 0.4) is 0 Å². The zero-order valence-corrected chi connectivity index (χ0v) is 18.0. The number of carbonyl (C=O) groups excluding carboxylic acids is 1. The van der Waals surface area contributed by atoms with Crippen molar-refractivity contribution in [3.8, 4) is 0 Å². The summed E-state index contributed by atoms with van der Waals surface area (Å²) in [5, 5.41) is 0.413. The van der Waals surface area contributed by atoms with Gasteiger partial charge in [0.25, 0.3) is 5.91 Å². The van der Waals surface area contributed by atoms with E-state index in [2.05, 4.69) is 0 Å². The van der Waals surface area contributed by atoms with E-state index < -0.39 is 27.6 Å². The van der Waals surface area contributed by atoms with Gasteiger partial charge in [-0.2, -0.15) is 0 Å². The number of amides is 1. The highest BCUT2D eigenvalue weighted by Gasteiger charge is 2.36. The summed E-state index contributed by atoms with van der Waals surface area (Å²) >= 11 is 0. The first kappa shape index (κ1) is 21.2. The topological polar surface area (TPSA) is 84.7 Å². The molecule has 1 amide bonds. The minimum atomic E-state index is -3.26. The fourth-order valence-corrected chi connectivity index (χ4v) is 5.82. The van der Waals surface area contributed by atoms with Gasteiger partial charge in [0, 0.05) is 18.7 Å². The monoisotopic (exact) mass is 443 g/mol. The highest BCUT2D eigenvalue weighted by Crippen LogP contribution is 2.24. The average Bonchev–Trinajstić information content (AvgIpc) is 3.05. The van der Waals surface area contributed by atoms with Gasteiger partial charge in [0.1, 0.15) is 11.4 Å². The van der Waals surface area contributed by atoms with Crippen LogP contribution in [0, 0.1) is 19.7 Å². The molecule has 0 radical (unpaired) electrons. The van der Waals surface area contributed by atoms with E-state index in [0.29, 0.717) is 23.0 Å². The number of aryl methyl sites for hydroxylation is 2. The van der Waals surface area contributed by atoms with Crippen molar-refractivity contribution < 1.29 is 22.0 Å². The molecule has 1 aliphatic rings. The van der Waals surface area contributed by atoms with Crippen molar-refractivity contribution in [3.05, 3.63) is 81.0 Å². The Hall–Kier alpha value is -3.00. The molecule has 6 nitrogen and oxygen atoms in total. The van der Waals surface area contributed by atoms with E-state index >= 15 is 0 Å². The van der Waals surface area contributed by atoms with Crippen LogP contribution in [0.4, 0.5) is 4.39 Å². The van der Waals surface area contributed by atoms with Gasteiger partial charge >= 0.3 is 0 Å². The lowest BCUT2D eigenvalue weighted by atomic mass is 10.1. The van der Waals surface area contributed by atoms with Gasteiger partial charge in [0.15, 0.2) is 21.0 Å². The smallest absolute Gasteiger partial charge is 0.290 e. The van der Waals surface area contributed by atoms with Crippen LogP contribution in [0.5, 0.6) is 0 Å². The van der Waals surface area contributed by atoms with E-state index in [1.807, 2.05) is 13.0 Å². The van der Waals surface area contributed by atoms with Crippen molar-refractivity contribution in [2.24, 2.45) is 0 Å². The molecule has 0 N–H and O–H groups in total. The molecule has 4 rings (SSSR count). The lowest BCUT2D eigenvalue weighted by molar-refractivity contribution is 0.0648. The number of carbonyl (C=O) groups is 1. The Balaban J connectivity index is 1.76. The number of hydrogen-bond donors (Lipinski definition) is 0. The van der Waals surface area contributed by atoms with E-state index in [1.54, 1.807) is 25.1 Å². The Labute approximate surface area is 179 Å². The molecular weight excluding hydrogens is 421 g/mol. The number of sulfone groups is 1. The van der Waals surface area contributed by atoms with Gasteiger partial charge in [0.05, 0.1) is 16.9 Å². The summed E-state index contributed by atoms with van der Waals surface area (Å²) in [6.45, 7) is 3.75. The van der Waals surface area contributed by atoms with Crippen LogP contribution < -0.4 is 5.43 Å². The molecule has 0 saturated carbocycles. The molecule has 1 unspecified atom stereocenters. The molecule has 1 atom stereocenters. The van der Waals surface area contributed by atoms with Gasteiger partial charge in [0.2, 0.25) is 0 Å². The van der Waals surface area contributed by atoms with E-state index in [9.17, 15) is 22.4 Å². The standard InChI is InChI=1S/C23H22FNO5S/c1-14-9-15(2)22-19(26)11-21(30-20(22)10-14)23(27)25(18-7-8-31(28,29)13-18)12-16-3-5-17(24)6-4-16/h3-6,9-11,18H,7-8,12-13H2,1-2H3. The zero-order valence-electron chi connectivity index (χ0n) is 17.2. The minimum absolute atomic E-state index is 0.00901. The van der Waals surface area contributed by atoms with Gasteiger partial charge < -0.3 is 9.32 Å². The summed E-state index contributed by atoms with van der Waals surface area (Å²) in [6, 6.07) is 9.83. The summed E-state index contributed by atoms with van der Waals surface area (Å²) in [6.07, 6.45) is 0.297. The molecule has 0 spiro atoms. The molecule has 1 aliphatic heterocycles. The molecule has 31 heavy (non-hydrogen) atoms. The van der Waals surface area contributed by atoms with Gasteiger partial charge in [-0.1, -0.05) is 18.2 Å². The normalized spacial score (nSPS) is 17.7. The lowest BCUT2D eigenvalue weighted by Crippen LogP contribution is -2.41. The van der Waals surface area contributed by atoms with Crippen molar-refractivity contribution in [1.29, 1.82) is 0 Å². The molecule has 0 bridgehead atoms. The van der Waals surface area contributed by atoms with Gasteiger partial charge in [-0.15, -0.1) is 0 Å². The molecule has 8 heteroatoms. The third-order valence-electron chi connectivity index (χ3n) is 5.56. The van der Waals surface area contributed by atoms with Crippen LogP contribution in [0.1, 0.15) is 33.7 Å². The number of nitrogens with zero attached hydrogens (tertiary/aromatic N) is 1. The van der Waals surface area contributed by atoms with Crippen LogP contribution in [-0.2, 0) is 16.4 Å². The van der Waals surface area contributed by atoms with E-state index in [0.717, 1.165) is 17.2 Å². The van der Waals surface area contributed by atoms with Crippen LogP contribution in [0.15, 0.2) is 51.7 Å². The molecule has 1 saturated heterocycles. The Bertz CT molecular complexity index is 1330. The number of hydrogen-bond acceptors (Lipinski definition) is 5. The molecule has 162 valence electrons. The van der Waals surface area contributed by atoms with Gasteiger partial charge in [-0.3, -0.25) is 9.59 Å². The molecule has 2 aromatic carbocycles. The molecule has 0 aliphatic carbocycles. The van der Waals surface area contributed by atoms with Crippen LogP contribution >= 0.6 is 0 Å². The van der Waals surface area contributed by atoms with Crippen LogP contribution in [0.25, 0.3) is 11.0 Å². The summed E-state index contributed by atoms with van der Waals surface area (Å²) in [7, 11) is -3.26. The Kier molecular flexibility index (Phi) is 5.43. The van der Waals surface area contributed by atoms with Crippen LogP contribution in [0.2, 0.25) is 0 Å². The second-order valence-electron chi connectivity index (χ2n) is 8.05. The maximum Gasteiger partial charge on any atom is 0.290 e. The highest BCUT2D eigenvalue weighted by molar-refractivity contribution is 7.91. The largest absolute Gasteiger partial charge is 0.451 e. The first-order valence-corrected chi connectivity index (χ1v) is 11.8. The van der Waals surface area contributed by atoms with Crippen molar-refractivity contribution in [2.45, 2.75) is 32.9 Å².